The molecule has 9 atom stereocenters. The van der Waals surface area contributed by atoms with Crippen molar-refractivity contribution in [3.63, 3.8) is 0 Å². The van der Waals surface area contributed by atoms with Gasteiger partial charge in [0.25, 0.3) is 0 Å². The number of esters is 1. The van der Waals surface area contributed by atoms with Crippen molar-refractivity contribution in [1.82, 2.24) is 0 Å². The zero-order valence-electron chi connectivity index (χ0n) is 11.9. The van der Waals surface area contributed by atoms with Crippen molar-refractivity contribution in [3.05, 3.63) is 12.2 Å². The van der Waals surface area contributed by atoms with E-state index in [9.17, 15) is 15.0 Å². The Bertz CT molecular complexity index is 603. The number of carbonyl (C=O) groups is 1. The van der Waals surface area contributed by atoms with Crippen LogP contribution < -0.4 is 0 Å². The van der Waals surface area contributed by atoms with Crippen LogP contribution in [-0.4, -0.2) is 52.5 Å². The monoisotopic (exact) mass is 294 g/mol. The largest absolute Gasteiger partial charge is 0.456 e. The smallest absolute Gasteiger partial charge is 0.313 e. The highest BCUT2D eigenvalue weighted by molar-refractivity contribution is 5.80. The first-order valence-corrected chi connectivity index (χ1v) is 7.38. The molecular weight excluding hydrogens is 276 g/mol. The zero-order chi connectivity index (χ0) is 14.9. The van der Waals surface area contributed by atoms with E-state index in [0.29, 0.717) is 12.2 Å². The van der Waals surface area contributed by atoms with E-state index in [-0.39, 0.29) is 12.0 Å². The maximum Gasteiger partial charge on any atom is 0.313 e. The molecule has 2 aliphatic carbocycles. The van der Waals surface area contributed by atoms with Gasteiger partial charge in [-0.25, -0.2) is 0 Å². The molecule has 3 heterocycles. The van der Waals surface area contributed by atoms with Crippen LogP contribution in [0.4, 0.5) is 0 Å². The summed E-state index contributed by atoms with van der Waals surface area (Å²) in [6, 6.07) is 0. The van der Waals surface area contributed by atoms with Crippen LogP contribution in [0.5, 0.6) is 0 Å². The number of ether oxygens (including phenoxy) is 3. The van der Waals surface area contributed by atoms with E-state index >= 15 is 0 Å². The highest BCUT2D eigenvalue weighted by Gasteiger charge is 2.92. The minimum absolute atomic E-state index is 0.122. The number of epoxide rings is 1. The normalized spacial score (nSPS) is 65.8. The summed E-state index contributed by atoms with van der Waals surface area (Å²) in [5.74, 6) is -3.49. The number of fused-ring (bicyclic) bond motifs is 7. The van der Waals surface area contributed by atoms with Gasteiger partial charge in [-0.05, 0) is 6.92 Å². The SMILES string of the molecule is C=C(C)C1C2OC(=O)C1C1(O)C3OC3C3COC2(O)C31C. The van der Waals surface area contributed by atoms with Crippen molar-refractivity contribution in [3.8, 4) is 0 Å². The van der Waals surface area contributed by atoms with E-state index in [1.54, 1.807) is 13.8 Å². The first-order chi connectivity index (χ1) is 9.78. The van der Waals surface area contributed by atoms with Crippen molar-refractivity contribution >= 4 is 5.97 Å². The molecule has 0 amide bonds. The van der Waals surface area contributed by atoms with Crippen LogP contribution in [0, 0.1) is 23.2 Å². The second-order valence-electron chi connectivity index (χ2n) is 7.37. The van der Waals surface area contributed by atoms with E-state index in [1.807, 2.05) is 0 Å². The van der Waals surface area contributed by atoms with Crippen molar-refractivity contribution < 1.29 is 29.2 Å². The summed E-state index contributed by atoms with van der Waals surface area (Å²) >= 11 is 0. The van der Waals surface area contributed by atoms with Gasteiger partial charge in [0.15, 0.2) is 6.10 Å². The fourth-order valence-electron chi connectivity index (χ4n) is 5.68. The molecule has 2 bridgehead atoms. The van der Waals surface area contributed by atoms with Crippen LogP contribution in [0.1, 0.15) is 13.8 Å². The Morgan fingerprint density at radius 3 is 2.76 bits per heavy atom. The molecule has 2 N–H and O–H groups in total. The van der Waals surface area contributed by atoms with E-state index in [0.717, 1.165) is 0 Å². The van der Waals surface area contributed by atoms with Crippen molar-refractivity contribution in [2.75, 3.05) is 6.61 Å². The molecule has 5 fully saturated rings. The summed E-state index contributed by atoms with van der Waals surface area (Å²) in [6.07, 6.45) is -1.38. The van der Waals surface area contributed by atoms with Crippen molar-refractivity contribution in [1.29, 1.82) is 0 Å². The van der Waals surface area contributed by atoms with E-state index in [2.05, 4.69) is 6.58 Å². The molecule has 3 aliphatic heterocycles. The fourth-order valence-corrected chi connectivity index (χ4v) is 5.68. The van der Waals surface area contributed by atoms with Gasteiger partial charge < -0.3 is 24.4 Å². The fraction of sp³-hybridized carbons (Fsp3) is 0.800. The molecule has 21 heavy (non-hydrogen) atoms. The molecule has 2 saturated carbocycles. The Labute approximate surface area is 121 Å². The summed E-state index contributed by atoms with van der Waals surface area (Å²) in [6.45, 7) is 7.82. The lowest BCUT2D eigenvalue weighted by molar-refractivity contribution is -0.334. The lowest BCUT2D eigenvalue weighted by Gasteiger charge is -2.55. The topological polar surface area (TPSA) is 88.5 Å². The molecule has 3 saturated heterocycles. The van der Waals surface area contributed by atoms with Crippen LogP contribution in [0.25, 0.3) is 0 Å². The Hall–Kier alpha value is -0.950. The predicted molar refractivity (Wildman–Crippen MR) is 67.8 cm³/mol. The van der Waals surface area contributed by atoms with Gasteiger partial charge in [0.05, 0.1) is 24.0 Å². The summed E-state index contributed by atoms with van der Waals surface area (Å²) in [4.78, 5) is 12.4. The zero-order valence-corrected chi connectivity index (χ0v) is 11.9. The Kier molecular flexibility index (Phi) is 1.83. The second kappa shape index (κ2) is 3.06. The van der Waals surface area contributed by atoms with Gasteiger partial charge in [0.2, 0.25) is 5.79 Å². The third-order valence-electron chi connectivity index (χ3n) is 6.77. The molecular formula is C15H18O6. The first-order valence-electron chi connectivity index (χ1n) is 7.38. The van der Waals surface area contributed by atoms with Gasteiger partial charge in [-0.3, -0.25) is 4.79 Å². The minimum atomic E-state index is -1.69. The van der Waals surface area contributed by atoms with E-state index in [4.69, 9.17) is 14.2 Å². The molecule has 0 aromatic heterocycles. The Morgan fingerprint density at radius 1 is 1.38 bits per heavy atom. The molecule has 0 aromatic rings. The highest BCUT2D eigenvalue weighted by Crippen LogP contribution is 2.75. The minimum Gasteiger partial charge on any atom is -0.456 e. The summed E-state index contributed by atoms with van der Waals surface area (Å²) in [7, 11) is 0. The van der Waals surface area contributed by atoms with Gasteiger partial charge in [0, 0.05) is 11.8 Å². The van der Waals surface area contributed by atoms with Crippen LogP contribution >= 0.6 is 0 Å². The first kappa shape index (κ1) is 12.6. The van der Waals surface area contributed by atoms with Crippen molar-refractivity contribution in [2.24, 2.45) is 23.2 Å². The molecule has 114 valence electrons. The standard InChI is InChI=1S/C15H18O6/c1-5(2)7-8-12(16)21-10(7)15(18)13(3)6(4-19-15)9-11(20-9)14(8,13)17/h6-11,17-18H,1,4H2,2-3H3. The number of aliphatic hydroxyl groups is 2. The molecule has 0 radical (unpaired) electrons. The third kappa shape index (κ3) is 0.933. The second-order valence-corrected chi connectivity index (χ2v) is 7.37. The Morgan fingerprint density at radius 2 is 2.10 bits per heavy atom. The Balaban J connectivity index is 1.81. The number of rotatable bonds is 1. The van der Waals surface area contributed by atoms with Gasteiger partial charge in [-0.2, -0.15) is 0 Å². The maximum absolute atomic E-state index is 12.4. The summed E-state index contributed by atoms with van der Waals surface area (Å²) in [5, 5.41) is 22.7. The molecule has 5 rings (SSSR count). The lowest BCUT2D eigenvalue weighted by atomic mass is 9.52. The molecule has 9 unspecified atom stereocenters. The van der Waals surface area contributed by atoms with Gasteiger partial charge >= 0.3 is 5.97 Å². The quantitative estimate of drug-likeness (QED) is 0.388. The number of carbonyl (C=O) groups excluding carboxylic acids is 1. The van der Waals surface area contributed by atoms with Crippen LogP contribution in [0.15, 0.2) is 12.2 Å². The van der Waals surface area contributed by atoms with Crippen LogP contribution in [-0.2, 0) is 19.0 Å². The number of hydrogen-bond acceptors (Lipinski definition) is 6. The highest BCUT2D eigenvalue weighted by atomic mass is 16.7. The van der Waals surface area contributed by atoms with Crippen LogP contribution in [0.2, 0.25) is 0 Å². The van der Waals surface area contributed by atoms with Gasteiger partial charge in [-0.1, -0.05) is 19.1 Å². The summed E-state index contributed by atoms with van der Waals surface area (Å²) < 4.78 is 16.7. The van der Waals surface area contributed by atoms with Crippen molar-refractivity contribution in [2.45, 2.75) is 43.5 Å². The lowest BCUT2D eigenvalue weighted by Crippen LogP contribution is -2.72. The van der Waals surface area contributed by atoms with E-state index < -0.39 is 46.8 Å². The number of hydrogen-bond donors (Lipinski definition) is 2. The molecule has 0 spiro atoms. The average molecular weight is 294 g/mol. The predicted octanol–water partition coefficient (Wildman–Crippen LogP) is -0.413. The molecule has 6 nitrogen and oxygen atoms in total. The van der Waals surface area contributed by atoms with E-state index in [1.165, 1.54) is 0 Å². The molecule has 5 aliphatic rings. The van der Waals surface area contributed by atoms with Gasteiger partial charge in [0.1, 0.15) is 11.7 Å². The average Bonchev–Trinajstić information content (AvgIpc) is 2.99. The molecule has 0 aromatic carbocycles. The third-order valence-corrected chi connectivity index (χ3v) is 6.77. The maximum atomic E-state index is 12.4. The summed E-state index contributed by atoms with van der Waals surface area (Å²) in [5.41, 5.74) is -1.72. The van der Waals surface area contributed by atoms with Crippen LogP contribution in [0.3, 0.4) is 0 Å². The van der Waals surface area contributed by atoms with Gasteiger partial charge in [-0.15, -0.1) is 0 Å². The molecule has 6 heteroatoms.